The first kappa shape index (κ1) is 33.8. The fraction of sp³-hybridized carbons (Fsp3) is 0.300. The maximum atomic E-state index is 13.6. The van der Waals surface area contributed by atoms with Gasteiger partial charge in [-0.05, 0) is 81.9 Å². The Morgan fingerprint density at radius 3 is 2.48 bits per heavy atom. The van der Waals surface area contributed by atoms with Crippen molar-refractivity contribution in [3.8, 4) is 28.3 Å². The number of aliphatic hydroxyl groups excluding tert-OH is 1. The molecule has 3 aromatic rings. The topological polar surface area (TPSA) is 136 Å². The number of aldehydes is 1. The minimum absolute atomic E-state index is 0.0919. The Bertz CT molecular complexity index is 1410. The van der Waals surface area contributed by atoms with Crippen molar-refractivity contribution in [3.63, 3.8) is 0 Å². The Balaban J connectivity index is 0.00000301. The Kier molecular flexibility index (Phi) is 13.0. The van der Waals surface area contributed by atoms with Gasteiger partial charge in [-0.3, -0.25) is 15.3 Å². The quantitative estimate of drug-likeness (QED) is 0.107. The van der Waals surface area contributed by atoms with Crippen LogP contribution in [0.2, 0.25) is 0 Å². The van der Waals surface area contributed by atoms with Gasteiger partial charge >= 0.3 is 0 Å². The number of halogens is 3. The van der Waals surface area contributed by atoms with Gasteiger partial charge in [-0.15, -0.1) is 0 Å². The number of aliphatic hydroxyl groups is 1. The van der Waals surface area contributed by atoms with E-state index in [1.807, 2.05) is 19.9 Å². The molecule has 0 spiro atoms. The third-order valence-electron chi connectivity index (χ3n) is 5.85. The van der Waals surface area contributed by atoms with Crippen LogP contribution in [0.3, 0.4) is 0 Å². The SMILES string of the molecule is C=N/C(=C\C=C/CCOc1nc(N)nc(-c2ccc(F)cc2)c1-c1cc(C)nc(C(F)F)c1)C(C)(C)NCC=O.CO. The number of rotatable bonds is 13. The van der Waals surface area contributed by atoms with Crippen molar-refractivity contribution in [1.29, 1.82) is 0 Å². The number of pyridine rings is 1. The normalized spacial score (nSPS) is 11.8. The molecule has 42 heavy (non-hydrogen) atoms. The van der Waals surface area contributed by atoms with Gasteiger partial charge in [0.15, 0.2) is 0 Å². The van der Waals surface area contributed by atoms with Crippen molar-refractivity contribution < 1.29 is 27.8 Å². The summed E-state index contributed by atoms with van der Waals surface area (Å²) in [6.07, 6.45) is 3.84. The number of allylic oxidation sites excluding steroid dienone is 2. The first-order chi connectivity index (χ1) is 20.1. The predicted octanol–water partition coefficient (Wildman–Crippen LogP) is 5.26. The highest BCUT2D eigenvalue weighted by Crippen LogP contribution is 2.39. The van der Waals surface area contributed by atoms with Crippen LogP contribution in [0.15, 0.2) is 65.3 Å². The van der Waals surface area contributed by atoms with Crippen LogP contribution in [0.1, 0.15) is 38.1 Å². The van der Waals surface area contributed by atoms with Gasteiger partial charge in [0.25, 0.3) is 6.43 Å². The first-order valence-corrected chi connectivity index (χ1v) is 12.9. The Morgan fingerprint density at radius 1 is 1.17 bits per heavy atom. The third-order valence-corrected chi connectivity index (χ3v) is 5.85. The highest BCUT2D eigenvalue weighted by atomic mass is 19.3. The number of nitrogens with one attached hydrogen (secondary N) is 1. The van der Waals surface area contributed by atoms with Gasteiger partial charge in [-0.25, -0.2) is 18.2 Å². The molecule has 4 N–H and O–H groups in total. The first-order valence-electron chi connectivity index (χ1n) is 12.9. The molecule has 3 rings (SSSR count). The van der Waals surface area contributed by atoms with Crippen molar-refractivity contribution in [2.24, 2.45) is 4.99 Å². The molecule has 0 aliphatic heterocycles. The van der Waals surface area contributed by atoms with Crippen LogP contribution in [0.25, 0.3) is 22.4 Å². The second kappa shape index (κ2) is 16.1. The van der Waals surface area contributed by atoms with E-state index in [-0.39, 0.29) is 25.0 Å². The number of nitrogen functional groups attached to an aromatic ring is 1. The molecule has 224 valence electrons. The summed E-state index contributed by atoms with van der Waals surface area (Å²) in [7, 11) is 1.00. The van der Waals surface area contributed by atoms with E-state index < -0.39 is 23.5 Å². The number of hydrogen-bond acceptors (Lipinski definition) is 9. The molecule has 1 aromatic carbocycles. The molecular formula is C30H35F3N6O3. The van der Waals surface area contributed by atoms with Gasteiger partial charge in [-0.2, -0.15) is 4.98 Å². The Morgan fingerprint density at radius 2 is 1.86 bits per heavy atom. The molecule has 0 unspecified atom stereocenters. The van der Waals surface area contributed by atoms with Crippen molar-refractivity contribution in [2.75, 3.05) is 26.0 Å². The number of alkyl halides is 2. The second-order valence-corrected chi connectivity index (χ2v) is 9.29. The molecule has 12 heteroatoms. The van der Waals surface area contributed by atoms with E-state index in [2.05, 4.69) is 32.0 Å². The molecule has 0 aliphatic rings. The Labute approximate surface area is 243 Å². The number of aliphatic imine (C=N–C) groups is 1. The summed E-state index contributed by atoms with van der Waals surface area (Å²) >= 11 is 0. The van der Waals surface area contributed by atoms with Gasteiger partial charge in [-0.1, -0.05) is 12.2 Å². The fourth-order valence-corrected chi connectivity index (χ4v) is 3.91. The second-order valence-electron chi connectivity index (χ2n) is 9.29. The van der Waals surface area contributed by atoms with E-state index in [4.69, 9.17) is 15.6 Å². The maximum Gasteiger partial charge on any atom is 0.280 e. The van der Waals surface area contributed by atoms with Crippen LogP contribution in [0.4, 0.5) is 19.1 Å². The number of hydrogen-bond donors (Lipinski definition) is 3. The average Bonchev–Trinajstić information content (AvgIpc) is 2.96. The molecule has 0 saturated heterocycles. The summed E-state index contributed by atoms with van der Waals surface area (Å²) in [5.74, 6) is -0.445. The van der Waals surface area contributed by atoms with Crippen molar-refractivity contribution in [1.82, 2.24) is 20.3 Å². The van der Waals surface area contributed by atoms with Crippen LogP contribution in [0, 0.1) is 12.7 Å². The zero-order chi connectivity index (χ0) is 31.3. The minimum atomic E-state index is -2.79. The van der Waals surface area contributed by atoms with E-state index >= 15 is 0 Å². The lowest BCUT2D eigenvalue weighted by Crippen LogP contribution is -2.41. The van der Waals surface area contributed by atoms with Crippen LogP contribution < -0.4 is 15.8 Å². The van der Waals surface area contributed by atoms with Gasteiger partial charge in [0, 0.05) is 18.4 Å². The lowest BCUT2D eigenvalue weighted by molar-refractivity contribution is -0.107. The van der Waals surface area contributed by atoms with E-state index in [1.165, 1.54) is 30.3 Å². The van der Waals surface area contributed by atoms with Crippen molar-refractivity contribution >= 4 is 19.0 Å². The number of nitrogens with two attached hydrogens (primary N) is 1. The molecule has 2 heterocycles. The molecule has 2 aromatic heterocycles. The zero-order valence-electron chi connectivity index (χ0n) is 23.9. The smallest absolute Gasteiger partial charge is 0.280 e. The zero-order valence-corrected chi connectivity index (χ0v) is 23.9. The minimum Gasteiger partial charge on any atom is -0.477 e. The fourth-order valence-electron chi connectivity index (χ4n) is 3.91. The molecule has 0 fully saturated rings. The van der Waals surface area contributed by atoms with Gasteiger partial charge in [0.05, 0.1) is 35.6 Å². The number of anilines is 1. The monoisotopic (exact) mass is 584 g/mol. The summed E-state index contributed by atoms with van der Waals surface area (Å²) in [5, 5.41) is 10.1. The number of aromatic nitrogens is 3. The molecule has 0 saturated carbocycles. The van der Waals surface area contributed by atoms with Gasteiger partial charge < -0.3 is 20.4 Å². The number of carbonyl (C=O) groups is 1. The number of ether oxygens (including phenoxy) is 1. The highest BCUT2D eigenvalue weighted by molar-refractivity contribution is 5.85. The average molecular weight is 585 g/mol. The van der Waals surface area contributed by atoms with Crippen molar-refractivity contribution in [2.45, 2.75) is 39.2 Å². The van der Waals surface area contributed by atoms with Gasteiger partial charge in [0.2, 0.25) is 11.8 Å². The van der Waals surface area contributed by atoms with E-state index in [0.29, 0.717) is 40.2 Å². The van der Waals surface area contributed by atoms with E-state index in [0.717, 1.165) is 13.4 Å². The number of aryl methyl sites for hydroxylation is 1. The summed E-state index contributed by atoms with van der Waals surface area (Å²) in [5.41, 5.74) is 7.53. The largest absolute Gasteiger partial charge is 0.477 e. The maximum absolute atomic E-state index is 13.6. The molecule has 0 amide bonds. The summed E-state index contributed by atoms with van der Waals surface area (Å²) in [4.78, 5) is 27.2. The molecule has 0 aliphatic carbocycles. The molecule has 0 atom stereocenters. The summed E-state index contributed by atoms with van der Waals surface area (Å²) in [6.45, 7) is 9.31. The summed E-state index contributed by atoms with van der Waals surface area (Å²) in [6, 6.07) is 8.43. The molecule has 0 bridgehead atoms. The highest BCUT2D eigenvalue weighted by Gasteiger charge is 2.22. The van der Waals surface area contributed by atoms with Crippen molar-refractivity contribution in [3.05, 3.63) is 77.5 Å². The molecular weight excluding hydrogens is 549 g/mol. The summed E-state index contributed by atoms with van der Waals surface area (Å²) < 4.78 is 46.8. The van der Waals surface area contributed by atoms with E-state index in [1.54, 1.807) is 25.1 Å². The van der Waals surface area contributed by atoms with Crippen LogP contribution in [-0.2, 0) is 4.79 Å². The standard InChI is InChI=1S/C29H31F3N6O2.CH4O/c1-18-16-20(17-22(36-18)26(31)32)24-25(19-9-11-21(30)12-10-19)37-28(33)38-27(24)40-15-7-5-6-8-23(34-4)29(2,3)35-13-14-39;1-2/h5-6,8-12,14,16-17,26,35H,4,7,13,15H2,1-3H3,(H2,33,37,38);2H,1H3/b6-5-,23-8-;. The molecule has 9 nitrogen and oxygen atoms in total. The van der Waals surface area contributed by atoms with Crippen LogP contribution >= 0.6 is 0 Å². The number of benzene rings is 1. The van der Waals surface area contributed by atoms with E-state index in [9.17, 15) is 18.0 Å². The lowest BCUT2D eigenvalue weighted by Gasteiger charge is -2.25. The van der Waals surface area contributed by atoms with Crippen LogP contribution in [-0.4, -0.2) is 58.9 Å². The van der Waals surface area contributed by atoms with Gasteiger partial charge in [0.1, 0.15) is 17.8 Å². The Hall–Kier alpha value is -4.42. The predicted molar refractivity (Wildman–Crippen MR) is 158 cm³/mol. The number of nitrogens with zero attached hydrogens (tertiary/aromatic N) is 4. The molecule has 0 radical (unpaired) electrons. The lowest BCUT2D eigenvalue weighted by atomic mass is 9.99. The number of carbonyl (C=O) groups excluding carboxylic acids is 1. The van der Waals surface area contributed by atoms with Crippen LogP contribution in [0.5, 0.6) is 5.88 Å². The third kappa shape index (κ3) is 9.32.